The Bertz CT molecular complexity index is 545. The molecule has 1 atom stereocenters. The lowest BCUT2D eigenvalue weighted by Crippen LogP contribution is -2.47. The first-order valence-electron chi connectivity index (χ1n) is 7.15. The van der Waals surface area contributed by atoms with Crippen molar-refractivity contribution in [1.29, 1.82) is 0 Å². The number of carbonyl (C=O) groups is 2. The topological polar surface area (TPSA) is 58.4 Å². The number of fused-ring (bicyclic) bond motifs is 1. The van der Waals surface area contributed by atoms with Gasteiger partial charge in [0.05, 0.1) is 17.7 Å². The molecular formula is C14H20N4O2. The average Bonchev–Trinajstić information content (AvgIpc) is 3.07. The lowest BCUT2D eigenvalue weighted by molar-refractivity contribution is -0.145. The number of likely N-dealkylation sites (tertiary alicyclic amines) is 1. The van der Waals surface area contributed by atoms with Crippen molar-refractivity contribution in [2.75, 3.05) is 19.6 Å². The summed E-state index contributed by atoms with van der Waals surface area (Å²) in [5, 5.41) is 0. The Morgan fingerprint density at radius 1 is 1.25 bits per heavy atom. The smallest absolute Gasteiger partial charge is 0.251 e. The number of carbonyl (C=O) groups excluding carboxylic acids is 2. The summed E-state index contributed by atoms with van der Waals surface area (Å²) in [6.07, 6.45) is 4.56. The van der Waals surface area contributed by atoms with E-state index in [2.05, 4.69) is 4.98 Å². The summed E-state index contributed by atoms with van der Waals surface area (Å²) in [5.41, 5.74) is 1.82. The van der Waals surface area contributed by atoms with E-state index in [1.54, 1.807) is 11.2 Å². The molecule has 20 heavy (non-hydrogen) atoms. The average molecular weight is 276 g/mol. The van der Waals surface area contributed by atoms with Gasteiger partial charge >= 0.3 is 0 Å². The summed E-state index contributed by atoms with van der Waals surface area (Å²) in [5.74, 6) is -0.00310. The fraction of sp³-hybridized carbons (Fsp3) is 0.643. The number of hydrogen-bond acceptors (Lipinski definition) is 3. The predicted octanol–water partition coefficient (Wildman–Crippen LogP) is 0.488. The number of aromatic nitrogens is 2. The van der Waals surface area contributed by atoms with Crippen LogP contribution >= 0.6 is 0 Å². The molecule has 3 rings (SSSR count). The highest BCUT2D eigenvalue weighted by atomic mass is 16.2. The standard InChI is InChI=1S/C14H20N4O2/c1-10(19)18-8-5-11-12(16(2)9-15-11)13(18)14(20)17-6-3-4-7-17/h9,13H,3-8H2,1-2H3/t13-/m1/s1. The quantitative estimate of drug-likeness (QED) is 0.750. The maximum absolute atomic E-state index is 12.8. The fourth-order valence-electron chi connectivity index (χ4n) is 3.23. The summed E-state index contributed by atoms with van der Waals surface area (Å²) in [4.78, 5) is 32.6. The number of nitrogens with zero attached hydrogens (tertiary/aromatic N) is 4. The van der Waals surface area contributed by atoms with Crippen molar-refractivity contribution in [3.05, 3.63) is 17.7 Å². The first-order chi connectivity index (χ1) is 9.59. The van der Waals surface area contributed by atoms with Crippen molar-refractivity contribution in [2.45, 2.75) is 32.2 Å². The molecule has 0 unspecified atom stereocenters. The summed E-state index contributed by atoms with van der Waals surface area (Å²) in [6, 6.07) is -0.498. The zero-order valence-corrected chi connectivity index (χ0v) is 12.0. The summed E-state index contributed by atoms with van der Waals surface area (Å²) < 4.78 is 1.88. The van der Waals surface area contributed by atoms with E-state index >= 15 is 0 Å². The molecule has 1 aromatic heterocycles. The van der Waals surface area contributed by atoms with Crippen molar-refractivity contribution in [3.63, 3.8) is 0 Å². The van der Waals surface area contributed by atoms with Gasteiger partial charge in [0.25, 0.3) is 5.91 Å². The predicted molar refractivity (Wildman–Crippen MR) is 72.9 cm³/mol. The Labute approximate surface area is 118 Å². The molecule has 0 bridgehead atoms. The third kappa shape index (κ3) is 1.99. The molecule has 3 heterocycles. The van der Waals surface area contributed by atoms with Gasteiger partial charge in [-0.1, -0.05) is 0 Å². The molecule has 0 N–H and O–H groups in total. The van der Waals surface area contributed by atoms with Crippen LogP contribution in [-0.4, -0.2) is 50.8 Å². The van der Waals surface area contributed by atoms with Crippen LogP contribution < -0.4 is 0 Å². The van der Waals surface area contributed by atoms with Crippen LogP contribution in [0.25, 0.3) is 0 Å². The van der Waals surface area contributed by atoms with E-state index in [-0.39, 0.29) is 11.8 Å². The van der Waals surface area contributed by atoms with E-state index in [1.807, 2.05) is 16.5 Å². The van der Waals surface area contributed by atoms with Crippen LogP contribution in [0.5, 0.6) is 0 Å². The van der Waals surface area contributed by atoms with Gasteiger partial charge in [-0.15, -0.1) is 0 Å². The van der Waals surface area contributed by atoms with Crippen molar-refractivity contribution in [3.8, 4) is 0 Å². The van der Waals surface area contributed by atoms with E-state index in [4.69, 9.17) is 0 Å². The third-order valence-corrected chi connectivity index (χ3v) is 4.28. The lowest BCUT2D eigenvalue weighted by atomic mass is 10.0. The molecule has 6 heteroatoms. The van der Waals surface area contributed by atoms with Crippen molar-refractivity contribution < 1.29 is 9.59 Å². The van der Waals surface area contributed by atoms with E-state index in [0.29, 0.717) is 6.54 Å². The fourth-order valence-corrected chi connectivity index (χ4v) is 3.23. The highest BCUT2D eigenvalue weighted by molar-refractivity contribution is 5.88. The molecule has 0 saturated carbocycles. The van der Waals surface area contributed by atoms with Crippen LogP contribution in [0.2, 0.25) is 0 Å². The molecule has 0 aromatic carbocycles. The number of aryl methyl sites for hydroxylation is 1. The minimum Gasteiger partial charge on any atom is -0.341 e. The molecule has 2 amide bonds. The largest absolute Gasteiger partial charge is 0.341 e. The van der Waals surface area contributed by atoms with Gasteiger partial charge < -0.3 is 14.4 Å². The monoisotopic (exact) mass is 276 g/mol. The Morgan fingerprint density at radius 3 is 2.60 bits per heavy atom. The van der Waals surface area contributed by atoms with Gasteiger partial charge in [-0.05, 0) is 12.8 Å². The summed E-state index contributed by atoms with van der Waals surface area (Å²) >= 11 is 0. The zero-order valence-electron chi connectivity index (χ0n) is 12.0. The molecule has 0 aliphatic carbocycles. The van der Waals surface area contributed by atoms with E-state index in [9.17, 15) is 9.59 Å². The van der Waals surface area contributed by atoms with Gasteiger partial charge in [0.15, 0.2) is 6.04 Å². The minimum atomic E-state index is -0.498. The summed E-state index contributed by atoms with van der Waals surface area (Å²) in [7, 11) is 1.89. The van der Waals surface area contributed by atoms with E-state index in [0.717, 1.165) is 43.7 Å². The van der Waals surface area contributed by atoms with Crippen molar-refractivity contribution in [2.24, 2.45) is 7.05 Å². The summed E-state index contributed by atoms with van der Waals surface area (Å²) in [6.45, 7) is 3.71. The number of amides is 2. The molecule has 1 fully saturated rings. The van der Waals surface area contributed by atoms with Gasteiger partial charge in [0, 0.05) is 40.0 Å². The van der Waals surface area contributed by atoms with Gasteiger partial charge in [-0.25, -0.2) is 4.98 Å². The van der Waals surface area contributed by atoms with Crippen LogP contribution in [0.3, 0.4) is 0 Å². The van der Waals surface area contributed by atoms with Crippen molar-refractivity contribution in [1.82, 2.24) is 19.4 Å². The third-order valence-electron chi connectivity index (χ3n) is 4.28. The second-order valence-electron chi connectivity index (χ2n) is 5.58. The van der Waals surface area contributed by atoms with Crippen LogP contribution in [-0.2, 0) is 23.1 Å². The number of hydrogen-bond donors (Lipinski definition) is 0. The van der Waals surface area contributed by atoms with Gasteiger partial charge in [-0.3, -0.25) is 9.59 Å². The normalized spacial score (nSPS) is 22.0. The molecule has 0 spiro atoms. The molecule has 2 aliphatic rings. The molecule has 108 valence electrons. The van der Waals surface area contributed by atoms with Crippen LogP contribution in [0, 0.1) is 0 Å². The lowest BCUT2D eigenvalue weighted by Gasteiger charge is -2.36. The van der Waals surface area contributed by atoms with E-state index in [1.165, 1.54) is 6.92 Å². The van der Waals surface area contributed by atoms with Crippen LogP contribution in [0.1, 0.15) is 37.2 Å². The highest BCUT2D eigenvalue weighted by Crippen LogP contribution is 2.31. The second kappa shape index (κ2) is 4.92. The van der Waals surface area contributed by atoms with Crippen molar-refractivity contribution >= 4 is 11.8 Å². The zero-order chi connectivity index (χ0) is 14.3. The second-order valence-corrected chi connectivity index (χ2v) is 5.58. The molecular weight excluding hydrogens is 256 g/mol. The maximum atomic E-state index is 12.8. The number of imidazole rings is 1. The van der Waals surface area contributed by atoms with Gasteiger partial charge in [0.2, 0.25) is 5.91 Å². The van der Waals surface area contributed by atoms with Gasteiger partial charge in [-0.2, -0.15) is 0 Å². The van der Waals surface area contributed by atoms with Crippen LogP contribution in [0.15, 0.2) is 6.33 Å². The van der Waals surface area contributed by atoms with Crippen LogP contribution in [0.4, 0.5) is 0 Å². The molecule has 1 aromatic rings. The Hall–Kier alpha value is -1.85. The first-order valence-corrected chi connectivity index (χ1v) is 7.15. The maximum Gasteiger partial charge on any atom is 0.251 e. The minimum absolute atomic E-state index is 0.0438. The Kier molecular flexibility index (Phi) is 3.23. The molecule has 1 saturated heterocycles. The molecule has 6 nitrogen and oxygen atoms in total. The van der Waals surface area contributed by atoms with Gasteiger partial charge in [0.1, 0.15) is 0 Å². The number of rotatable bonds is 1. The Balaban J connectivity index is 2.00. The first kappa shape index (κ1) is 13.1. The van der Waals surface area contributed by atoms with E-state index < -0.39 is 6.04 Å². The highest BCUT2D eigenvalue weighted by Gasteiger charge is 2.39. The molecule has 0 radical (unpaired) electrons. The molecule has 2 aliphatic heterocycles. The Morgan fingerprint density at radius 2 is 1.95 bits per heavy atom. The SMILES string of the molecule is CC(=O)N1CCc2ncn(C)c2[C@@H]1C(=O)N1CCCC1.